The van der Waals surface area contributed by atoms with E-state index in [2.05, 4.69) is 17.6 Å². The Morgan fingerprint density at radius 2 is 1.71 bits per heavy atom. The summed E-state index contributed by atoms with van der Waals surface area (Å²) in [4.78, 5) is 12.6. The molecule has 31 heavy (non-hydrogen) atoms. The summed E-state index contributed by atoms with van der Waals surface area (Å²) in [6.07, 6.45) is 1.75. The first-order valence-electron chi connectivity index (χ1n) is 10.2. The van der Waals surface area contributed by atoms with Gasteiger partial charge in [0.05, 0.1) is 11.5 Å². The lowest BCUT2D eigenvalue weighted by Gasteiger charge is -2.29. The molecule has 166 valence electrons. The predicted octanol–water partition coefficient (Wildman–Crippen LogP) is 3.63. The minimum atomic E-state index is -3.50. The summed E-state index contributed by atoms with van der Waals surface area (Å²) >= 11 is 5.21. The minimum Gasteiger partial charge on any atom is -0.494 e. The second-order valence-corrected chi connectivity index (χ2v) is 9.82. The van der Waals surface area contributed by atoms with Gasteiger partial charge in [0.1, 0.15) is 5.75 Å². The van der Waals surface area contributed by atoms with E-state index in [0.29, 0.717) is 42.6 Å². The molecule has 0 radical (unpaired) electrons. The van der Waals surface area contributed by atoms with E-state index >= 15 is 0 Å². The molecule has 2 aromatic carbocycles. The van der Waals surface area contributed by atoms with Gasteiger partial charge >= 0.3 is 0 Å². The Balaban J connectivity index is 1.57. The molecule has 3 rings (SSSR count). The molecule has 0 unspecified atom stereocenters. The van der Waals surface area contributed by atoms with Crippen molar-refractivity contribution in [2.75, 3.05) is 25.0 Å². The second kappa shape index (κ2) is 10.2. The Labute approximate surface area is 188 Å². The van der Waals surface area contributed by atoms with Crippen molar-refractivity contribution in [3.63, 3.8) is 0 Å². The van der Waals surface area contributed by atoms with Crippen molar-refractivity contribution in [1.82, 2.24) is 9.62 Å². The van der Waals surface area contributed by atoms with Gasteiger partial charge in [0.15, 0.2) is 5.11 Å². The van der Waals surface area contributed by atoms with Gasteiger partial charge in [-0.25, -0.2) is 8.42 Å². The number of rotatable bonds is 6. The van der Waals surface area contributed by atoms with Crippen LogP contribution in [0, 0.1) is 5.92 Å². The van der Waals surface area contributed by atoms with Crippen molar-refractivity contribution >= 4 is 38.9 Å². The third-order valence-corrected chi connectivity index (χ3v) is 7.26. The molecular formula is C22H27N3O4S2. The normalized spacial score (nSPS) is 15.3. The van der Waals surface area contributed by atoms with Gasteiger partial charge in [-0.05, 0) is 86.4 Å². The molecule has 1 saturated heterocycles. The number of carbonyl (C=O) groups excluding carboxylic acids is 1. The number of amides is 1. The first-order valence-corrected chi connectivity index (χ1v) is 12.1. The Kier molecular flexibility index (Phi) is 7.64. The van der Waals surface area contributed by atoms with Gasteiger partial charge in [-0.15, -0.1) is 0 Å². The first-order chi connectivity index (χ1) is 14.8. The van der Waals surface area contributed by atoms with Crippen LogP contribution >= 0.6 is 12.2 Å². The second-order valence-electron chi connectivity index (χ2n) is 7.48. The summed E-state index contributed by atoms with van der Waals surface area (Å²) in [5, 5.41) is 5.64. The van der Waals surface area contributed by atoms with Gasteiger partial charge in [-0.2, -0.15) is 4.31 Å². The SMILES string of the molecule is CCOc1ccc(C(=O)NC(=S)Nc2ccc(S(=O)(=O)N3CCC(C)CC3)cc2)cc1. The number of piperidine rings is 1. The van der Waals surface area contributed by atoms with Gasteiger partial charge in [0, 0.05) is 24.3 Å². The van der Waals surface area contributed by atoms with Crippen molar-refractivity contribution in [1.29, 1.82) is 0 Å². The van der Waals surface area contributed by atoms with Crippen LogP contribution in [0.3, 0.4) is 0 Å². The fourth-order valence-electron chi connectivity index (χ4n) is 3.29. The molecule has 9 heteroatoms. The number of thiocarbonyl (C=S) groups is 1. The third kappa shape index (κ3) is 6.03. The number of hydrogen-bond donors (Lipinski definition) is 2. The maximum absolute atomic E-state index is 12.8. The van der Waals surface area contributed by atoms with Crippen LogP contribution in [0.25, 0.3) is 0 Å². The van der Waals surface area contributed by atoms with E-state index in [0.717, 1.165) is 12.8 Å². The van der Waals surface area contributed by atoms with Crippen LogP contribution in [-0.4, -0.2) is 43.4 Å². The van der Waals surface area contributed by atoms with Gasteiger partial charge < -0.3 is 10.1 Å². The molecular weight excluding hydrogens is 434 g/mol. The molecule has 1 heterocycles. The average molecular weight is 462 g/mol. The Bertz CT molecular complexity index is 1010. The number of sulfonamides is 1. The van der Waals surface area contributed by atoms with Crippen LogP contribution in [-0.2, 0) is 10.0 Å². The molecule has 0 saturated carbocycles. The van der Waals surface area contributed by atoms with Crippen LogP contribution < -0.4 is 15.4 Å². The summed E-state index contributed by atoms with van der Waals surface area (Å²) in [6, 6.07) is 13.1. The highest BCUT2D eigenvalue weighted by atomic mass is 32.2. The summed E-state index contributed by atoms with van der Waals surface area (Å²) in [5.41, 5.74) is 1.04. The zero-order valence-electron chi connectivity index (χ0n) is 17.6. The Hall–Kier alpha value is -2.49. The highest BCUT2D eigenvalue weighted by Crippen LogP contribution is 2.24. The average Bonchev–Trinajstić information content (AvgIpc) is 2.75. The van der Waals surface area contributed by atoms with Crippen LogP contribution in [0.2, 0.25) is 0 Å². The maximum Gasteiger partial charge on any atom is 0.257 e. The summed E-state index contributed by atoms with van der Waals surface area (Å²) in [7, 11) is -3.50. The smallest absolute Gasteiger partial charge is 0.257 e. The number of nitrogens with one attached hydrogen (secondary N) is 2. The molecule has 0 aliphatic carbocycles. The first kappa shape index (κ1) is 23.2. The van der Waals surface area contributed by atoms with Gasteiger partial charge in [-0.1, -0.05) is 6.92 Å². The van der Waals surface area contributed by atoms with Gasteiger partial charge in [0.25, 0.3) is 5.91 Å². The zero-order valence-corrected chi connectivity index (χ0v) is 19.3. The molecule has 1 aliphatic heterocycles. The van der Waals surface area contributed by atoms with E-state index in [1.54, 1.807) is 48.5 Å². The number of anilines is 1. The van der Waals surface area contributed by atoms with E-state index in [1.807, 2.05) is 6.92 Å². The molecule has 1 fully saturated rings. The summed E-state index contributed by atoms with van der Waals surface area (Å²) in [6.45, 7) is 5.68. The van der Waals surface area contributed by atoms with Crippen LogP contribution in [0.1, 0.15) is 37.0 Å². The molecule has 0 bridgehead atoms. The van der Waals surface area contributed by atoms with E-state index in [4.69, 9.17) is 17.0 Å². The third-order valence-electron chi connectivity index (χ3n) is 5.15. The van der Waals surface area contributed by atoms with Crippen LogP contribution in [0.5, 0.6) is 5.75 Å². The van der Waals surface area contributed by atoms with Crippen molar-refractivity contribution in [3.8, 4) is 5.75 Å². The number of benzene rings is 2. The minimum absolute atomic E-state index is 0.125. The van der Waals surface area contributed by atoms with E-state index in [9.17, 15) is 13.2 Å². The summed E-state index contributed by atoms with van der Waals surface area (Å²) in [5.74, 6) is 0.893. The number of ether oxygens (including phenoxy) is 1. The molecule has 0 aromatic heterocycles. The largest absolute Gasteiger partial charge is 0.494 e. The number of hydrogen-bond acceptors (Lipinski definition) is 5. The van der Waals surface area contributed by atoms with E-state index < -0.39 is 10.0 Å². The van der Waals surface area contributed by atoms with Crippen molar-refractivity contribution in [2.24, 2.45) is 5.92 Å². The molecule has 0 atom stereocenters. The fourth-order valence-corrected chi connectivity index (χ4v) is 4.97. The Morgan fingerprint density at radius 1 is 1.10 bits per heavy atom. The van der Waals surface area contributed by atoms with Gasteiger partial charge in [0.2, 0.25) is 10.0 Å². The van der Waals surface area contributed by atoms with Gasteiger partial charge in [-0.3, -0.25) is 10.1 Å². The molecule has 7 nitrogen and oxygen atoms in total. The number of nitrogens with zero attached hydrogens (tertiary/aromatic N) is 1. The van der Waals surface area contributed by atoms with Crippen molar-refractivity contribution < 1.29 is 17.9 Å². The van der Waals surface area contributed by atoms with Crippen molar-refractivity contribution in [2.45, 2.75) is 31.6 Å². The van der Waals surface area contributed by atoms with Crippen LogP contribution in [0.4, 0.5) is 5.69 Å². The van der Waals surface area contributed by atoms with Crippen LogP contribution in [0.15, 0.2) is 53.4 Å². The van der Waals surface area contributed by atoms with E-state index in [-0.39, 0.29) is 15.9 Å². The quantitative estimate of drug-likeness (QED) is 0.639. The monoisotopic (exact) mass is 461 g/mol. The highest BCUT2D eigenvalue weighted by molar-refractivity contribution is 7.89. The molecule has 0 spiro atoms. The molecule has 2 aromatic rings. The molecule has 1 aliphatic rings. The van der Waals surface area contributed by atoms with Crippen molar-refractivity contribution in [3.05, 3.63) is 54.1 Å². The fraction of sp³-hybridized carbons (Fsp3) is 0.364. The lowest BCUT2D eigenvalue weighted by Crippen LogP contribution is -2.37. The molecule has 1 amide bonds. The molecule has 2 N–H and O–H groups in total. The lowest BCUT2D eigenvalue weighted by atomic mass is 10.0. The topological polar surface area (TPSA) is 87.7 Å². The number of carbonyl (C=O) groups is 1. The standard InChI is InChI=1S/C22H27N3O4S2/c1-3-29-19-8-4-17(5-9-19)21(26)24-22(30)23-18-6-10-20(11-7-18)31(27,28)25-14-12-16(2)13-15-25/h4-11,16H,3,12-15H2,1-2H3,(H2,23,24,26,30). The Morgan fingerprint density at radius 3 is 2.29 bits per heavy atom. The lowest BCUT2D eigenvalue weighted by molar-refractivity contribution is 0.0977. The summed E-state index contributed by atoms with van der Waals surface area (Å²) < 4.78 is 32.5. The predicted molar refractivity (Wildman–Crippen MR) is 125 cm³/mol. The zero-order chi connectivity index (χ0) is 22.4. The maximum atomic E-state index is 12.8. The van der Waals surface area contributed by atoms with E-state index in [1.165, 1.54) is 4.31 Å². The highest BCUT2D eigenvalue weighted by Gasteiger charge is 2.27.